The van der Waals surface area contributed by atoms with E-state index < -0.39 is 12.2 Å². The molecule has 1 fully saturated rings. The molecule has 0 radical (unpaired) electrons. The van der Waals surface area contributed by atoms with Crippen molar-refractivity contribution in [3.8, 4) is 0 Å². The molecule has 25 heavy (non-hydrogen) atoms. The van der Waals surface area contributed by atoms with Gasteiger partial charge in [-0.05, 0) is 0 Å². The van der Waals surface area contributed by atoms with Gasteiger partial charge in [0.1, 0.15) is 0 Å². The van der Waals surface area contributed by atoms with Crippen molar-refractivity contribution in [2.24, 2.45) is 0 Å². The van der Waals surface area contributed by atoms with E-state index in [4.69, 9.17) is 9.47 Å². The van der Waals surface area contributed by atoms with Crippen molar-refractivity contribution in [1.29, 1.82) is 0 Å². The van der Waals surface area contributed by atoms with Crippen molar-refractivity contribution < 1.29 is 24.5 Å². The Morgan fingerprint density at radius 1 is 1.16 bits per heavy atom. The van der Waals surface area contributed by atoms with Crippen LogP contribution in [0.15, 0.2) is 25.3 Å². The second-order valence-electron chi connectivity index (χ2n) is 5.94. The summed E-state index contributed by atoms with van der Waals surface area (Å²) in [5.74, 6) is 0. The lowest BCUT2D eigenvalue weighted by Gasteiger charge is -2.28. The van der Waals surface area contributed by atoms with Gasteiger partial charge in [-0.1, -0.05) is 12.2 Å². The monoisotopic (exact) mass is 357 g/mol. The van der Waals surface area contributed by atoms with Gasteiger partial charge < -0.3 is 29.9 Å². The molecule has 0 bridgehead atoms. The van der Waals surface area contributed by atoms with Crippen LogP contribution in [0.4, 0.5) is 4.79 Å². The minimum Gasteiger partial charge on any atom is -0.389 e. The summed E-state index contributed by atoms with van der Waals surface area (Å²) >= 11 is 0. The van der Waals surface area contributed by atoms with Crippen LogP contribution in [-0.2, 0) is 9.47 Å². The third-order valence-electron chi connectivity index (χ3n) is 3.66. The molecule has 0 aliphatic carbocycles. The molecule has 1 aliphatic rings. The number of ether oxygens (including phenoxy) is 2. The summed E-state index contributed by atoms with van der Waals surface area (Å²) in [6.07, 6.45) is 1.87. The zero-order chi connectivity index (χ0) is 18.5. The van der Waals surface area contributed by atoms with Gasteiger partial charge in [-0.25, -0.2) is 4.79 Å². The smallest absolute Gasteiger partial charge is 0.317 e. The van der Waals surface area contributed by atoms with E-state index in [1.165, 1.54) is 0 Å². The van der Waals surface area contributed by atoms with Crippen molar-refractivity contribution in [2.45, 2.75) is 12.2 Å². The summed E-state index contributed by atoms with van der Waals surface area (Å²) in [5, 5.41) is 22.9. The molecule has 3 N–H and O–H groups in total. The average Bonchev–Trinajstić information content (AvgIpc) is 2.98. The summed E-state index contributed by atoms with van der Waals surface area (Å²) in [5.41, 5.74) is 0. The minimum absolute atomic E-state index is 0.0790. The van der Waals surface area contributed by atoms with Crippen LogP contribution in [0.5, 0.6) is 0 Å². The normalized spacial score (nSPS) is 16.8. The quantitative estimate of drug-likeness (QED) is 0.269. The van der Waals surface area contributed by atoms with Gasteiger partial charge in [-0.15, -0.1) is 13.2 Å². The van der Waals surface area contributed by atoms with E-state index in [0.29, 0.717) is 52.5 Å². The van der Waals surface area contributed by atoms with E-state index >= 15 is 0 Å². The van der Waals surface area contributed by atoms with Crippen LogP contribution in [0.2, 0.25) is 0 Å². The van der Waals surface area contributed by atoms with E-state index in [2.05, 4.69) is 18.5 Å². The number of aliphatic hydroxyl groups is 2. The molecule has 0 saturated carbocycles. The molecular formula is C17H31N3O5. The van der Waals surface area contributed by atoms with Crippen molar-refractivity contribution >= 4 is 6.03 Å². The maximum atomic E-state index is 11.6. The molecule has 1 heterocycles. The third-order valence-corrected chi connectivity index (χ3v) is 3.66. The summed E-state index contributed by atoms with van der Waals surface area (Å²) in [7, 11) is 0. The number of urea groups is 1. The van der Waals surface area contributed by atoms with Gasteiger partial charge in [-0.2, -0.15) is 0 Å². The molecule has 0 aromatic carbocycles. The molecule has 2 amide bonds. The Bertz CT molecular complexity index is 386. The number of carbonyl (C=O) groups excluding carboxylic acids is 1. The van der Waals surface area contributed by atoms with E-state index in [0.717, 1.165) is 0 Å². The molecule has 1 saturated heterocycles. The van der Waals surface area contributed by atoms with Crippen molar-refractivity contribution in [3.05, 3.63) is 25.3 Å². The Labute approximate surface area is 149 Å². The molecule has 2 atom stereocenters. The molecular weight excluding hydrogens is 326 g/mol. The Morgan fingerprint density at radius 3 is 2.16 bits per heavy atom. The van der Waals surface area contributed by atoms with Crippen LogP contribution in [0.1, 0.15) is 0 Å². The molecule has 1 rings (SSSR count). The molecule has 0 spiro atoms. The molecule has 2 unspecified atom stereocenters. The molecule has 8 nitrogen and oxygen atoms in total. The summed E-state index contributed by atoms with van der Waals surface area (Å²) in [6.45, 7) is 11.3. The van der Waals surface area contributed by atoms with Gasteiger partial charge in [-0.3, -0.25) is 4.90 Å². The van der Waals surface area contributed by atoms with E-state index in [1.54, 1.807) is 17.1 Å². The van der Waals surface area contributed by atoms with Gasteiger partial charge in [0.2, 0.25) is 0 Å². The standard InChI is InChI=1S/C17H31N3O5/c1-3-9-24-13-15(21)11-19(12-16(22)14-25-10-4-2)7-8-20-6-5-18-17(20)23/h3-4,15-16,21-22H,1-2,5-14H2,(H,18,23). The largest absolute Gasteiger partial charge is 0.389 e. The molecule has 0 aromatic rings. The van der Waals surface area contributed by atoms with E-state index in [9.17, 15) is 15.0 Å². The van der Waals surface area contributed by atoms with Crippen LogP contribution in [-0.4, -0.2) is 104 Å². The first-order valence-corrected chi connectivity index (χ1v) is 8.55. The first-order valence-electron chi connectivity index (χ1n) is 8.55. The summed E-state index contributed by atoms with van der Waals surface area (Å²) < 4.78 is 10.5. The number of rotatable bonds is 15. The average molecular weight is 357 g/mol. The van der Waals surface area contributed by atoms with Crippen molar-refractivity contribution in [1.82, 2.24) is 15.1 Å². The second kappa shape index (κ2) is 12.8. The maximum Gasteiger partial charge on any atom is 0.317 e. The van der Waals surface area contributed by atoms with Crippen LogP contribution in [0, 0.1) is 0 Å². The highest BCUT2D eigenvalue weighted by atomic mass is 16.5. The van der Waals surface area contributed by atoms with Gasteiger partial charge >= 0.3 is 6.03 Å². The van der Waals surface area contributed by atoms with Gasteiger partial charge in [0.15, 0.2) is 0 Å². The highest BCUT2D eigenvalue weighted by Crippen LogP contribution is 2.02. The van der Waals surface area contributed by atoms with Gasteiger partial charge in [0, 0.05) is 39.3 Å². The Morgan fingerprint density at radius 2 is 1.72 bits per heavy atom. The topological polar surface area (TPSA) is 94.5 Å². The first-order chi connectivity index (χ1) is 12.1. The second-order valence-corrected chi connectivity index (χ2v) is 5.94. The van der Waals surface area contributed by atoms with Crippen molar-refractivity contribution in [2.75, 3.05) is 65.7 Å². The van der Waals surface area contributed by atoms with E-state index in [-0.39, 0.29) is 19.2 Å². The first kappa shape index (κ1) is 21.6. The molecule has 8 heteroatoms. The highest BCUT2D eigenvalue weighted by Gasteiger charge is 2.22. The molecule has 1 aliphatic heterocycles. The lowest BCUT2D eigenvalue weighted by molar-refractivity contribution is -0.00359. The number of nitrogens with zero attached hydrogens (tertiary/aromatic N) is 2. The van der Waals surface area contributed by atoms with Crippen LogP contribution in [0.25, 0.3) is 0 Å². The Hall–Kier alpha value is -1.45. The number of nitrogens with one attached hydrogen (secondary N) is 1. The predicted molar refractivity (Wildman–Crippen MR) is 95.5 cm³/mol. The highest BCUT2D eigenvalue weighted by molar-refractivity contribution is 5.76. The number of hydrogen-bond acceptors (Lipinski definition) is 6. The van der Waals surface area contributed by atoms with Gasteiger partial charge in [0.25, 0.3) is 0 Å². The fraction of sp³-hybridized carbons (Fsp3) is 0.706. The van der Waals surface area contributed by atoms with Crippen LogP contribution >= 0.6 is 0 Å². The van der Waals surface area contributed by atoms with Crippen LogP contribution < -0.4 is 5.32 Å². The lowest BCUT2D eigenvalue weighted by atomic mass is 10.2. The fourth-order valence-electron chi connectivity index (χ4n) is 2.52. The number of carbonyl (C=O) groups is 1. The number of hydrogen-bond donors (Lipinski definition) is 3. The molecule has 144 valence electrons. The molecule has 0 aromatic heterocycles. The van der Waals surface area contributed by atoms with Gasteiger partial charge in [0.05, 0.1) is 38.6 Å². The minimum atomic E-state index is -0.686. The van der Waals surface area contributed by atoms with Crippen molar-refractivity contribution in [3.63, 3.8) is 0 Å². The SMILES string of the molecule is C=CCOCC(O)CN(CCN1CCNC1=O)CC(O)COCC=C. The van der Waals surface area contributed by atoms with Crippen LogP contribution in [0.3, 0.4) is 0 Å². The Kier molecular flexibility index (Phi) is 11.1. The van der Waals surface area contributed by atoms with E-state index in [1.807, 2.05) is 4.90 Å². The number of amides is 2. The summed E-state index contributed by atoms with van der Waals surface area (Å²) in [4.78, 5) is 15.2. The Balaban J connectivity index is 2.44. The third kappa shape index (κ3) is 9.57. The fourth-order valence-corrected chi connectivity index (χ4v) is 2.52. The number of aliphatic hydroxyl groups excluding tert-OH is 2. The zero-order valence-corrected chi connectivity index (χ0v) is 14.8. The lowest BCUT2D eigenvalue weighted by Crippen LogP contribution is -2.45. The zero-order valence-electron chi connectivity index (χ0n) is 14.8. The summed E-state index contributed by atoms with van der Waals surface area (Å²) in [6, 6.07) is -0.0790. The maximum absolute atomic E-state index is 11.6. The predicted octanol–water partition coefficient (Wildman–Crippen LogP) is -0.559.